The molecule has 1 amide bonds. The first-order chi connectivity index (χ1) is 11.1. The molecular weight excluding hydrogens is 314 g/mol. The van der Waals surface area contributed by atoms with Crippen molar-refractivity contribution in [2.45, 2.75) is 26.5 Å². The lowest BCUT2D eigenvalue weighted by molar-refractivity contribution is 0.0702. The van der Waals surface area contributed by atoms with Crippen molar-refractivity contribution >= 4 is 23.2 Å². The van der Waals surface area contributed by atoms with Gasteiger partial charge in [-0.2, -0.15) is 0 Å². The lowest BCUT2D eigenvalue weighted by atomic mass is 10.1. The number of hydrogen-bond acceptors (Lipinski definition) is 4. The summed E-state index contributed by atoms with van der Waals surface area (Å²) in [5, 5.41) is 11.7. The van der Waals surface area contributed by atoms with E-state index in [1.54, 1.807) is 0 Å². The quantitative estimate of drug-likeness (QED) is 0.727. The molecule has 0 saturated heterocycles. The lowest BCUT2D eigenvalue weighted by Crippen LogP contribution is -2.22. The Morgan fingerprint density at radius 1 is 1.13 bits per heavy atom. The van der Waals surface area contributed by atoms with E-state index >= 15 is 0 Å². The van der Waals surface area contributed by atoms with Gasteiger partial charge in [0.15, 0.2) is 0 Å². The van der Waals surface area contributed by atoms with Crippen LogP contribution in [0.5, 0.6) is 0 Å². The van der Waals surface area contributed by atoms with Crippen molar-refractivity contribution in [3.63, 3.8) is 0 Å². The van der Waals surface area contributed by atoms with Crippen LogP contribution in [0, 0.1) is 0 Å². The number of hydrogen-bond donors (Lipinski definition) is 2. The SMILES string of the molecule is CCCOCc1ccccc1CNC(=O)c1ccc(C(=O)O)s1. The average molecular weight is 333 g/mol. The molecule has 0 spiro atoms. The molecule has 2 rings (SSSR count). The molecule has 5 nitrogen and oxygen atoms in total. The number of ether oxygens (including phenoxy) is 1. The first-order valence-electron chi connectivity index (χ1n) is 7.37. The molecule has 0 fully saturated rings. The highest BCUT2D eigenvalue weighted by atomic mass is 32.1. The Labute approximate surface area is 138 Å². The van der Waals surface area contributed by atoms with Crippen LogP contribution >= 0.6 is 11.3 Å². The predicted molar refractivity (Wildman–Crippen MR) is 88.8 cm³/mol. The number of carboxylic acids is 1. The van der Waals surface area contributed by atoms with Gasteiger partial charge in [0.1, 0.15) is 4.88 Å². The molecule has 2 N–H and O–H groups in total. The second-order valence-electron chi connectivity index (χ2n) is 4.97. The van der Waals surface area contributed by atoms with Crippen LogP contribution in [0.15, 0.2) is 36.4 Å². The van der Waals surface area contributed by atoms with Crippen LogP contribution < -0.4 is 5.32 Å². The maximum Gasteiger partial charge on any atom is 0.345 e. The molecule has 6 heteroatoms. The molecule has 0 aliphatic rings. The number of thiophene rings is 1. The first-order valence-corrected chi connectivity index (χ1v) is 8.19. The highest BCUT2D eigenvalue weighted by molar-refractivity contribution is 7.15. The van der Waals surface area contributed by atoms with E-state index in [1.807, 2.05) is 24.3 Å². The fourth-order valence-electron chi connectivity index (χ4n) is 2.03. The van der Waals surface area contributed by atoms with Crippen LogP contribution in [0.25, 0.3) is 0 Å². The normalized spacial score (nSPS) is 10.5. The molecule has 23 heavy (non-hydrogen) atoms. The van der Waals surface area contributed by atoms with Gasteiger partial charge in [-0.15, -0.1) is 11.3 Å². The Morgan fingerprint density at radius 3 is 2.48 bits per heavy atom. The Hall–Kier alpha value is -2.18. The number of rotatable bonds is 8. The van der Waals surface area contributed by atoms with E-state index in [-0.39, 0.29) is 10.8 Å². The van der Waals surface area contributed by atoms with Crippen molar-refractivity contribution in [3.05, 3.63) is 57.3 Å². The zero-order valence-corrected chi connectivity index (χ0v) is 13.7. The Bertz CT molecular complexity index is 681. The van der Waals surface area contributed by atoms with Gasteiger partial charge < -0.3 is 15.2 Å². The van der Waals surface area contributed by atoms with Gasteiger partial charge in [0.2, 0.25) is 0 Å². The summed E-state index contributed by atoms with van der Waals surface area (Å²) in [5.74, 6) is -1.29. The van der Waals surface area contributed by atoms with Crippen LogP contribution in [-0.4, -0.2) is 23.6 Å². The monoisotopic (exact) mass is 333 g/mol. The van der Waals surface area contributed by atoms with Gasteiger partial charge in [-0.3, -0.25) is 4.79 Å². The molecule has 122 valence electrons. The minimum atomic E-state index is -1.02. The molecule has 1 heterocycles. The number of benzene rings is 1. The topological polar surface area (TPSA) is 75.6 Å². The Balaban J connectivity index is 1.96. The standard InChI is InChI=1S/C17H19NO4S/c1-2-9-22-11-13-6-4-3-5-12(13)10-18-16(19)14-7-8-15(23-14)17(20)21/h3-8H,2,9-11H2,1H3,(H,18,19)(H,20,21). The Kier molecular flexibility index (Phi) is 6.31. The number of nitrogens with one attached hydrogen (secondary N) is 1. The molecule has 0 saturated carbocycles. The van der Waals surface area contributed by atoms with Crippen LogP contribution in [0.3, 0.4) is 0 Å². The molecule has 0 aliphatic carbocycles. The van der Waals surface area contributed by atoms with E-state index in [9.17, 15) is 9.59 Å². The van der Waals surface area contributed by atoms with Gasteiger partial charge >= 0.3 is 5.97 Å². The molecule has 0 radical (unpaired) electrons. The lowest BCUT2D eigenvalue weighted by Gasteiger charge is -2.10. The molecule has 1 aromatic heterocycles. The van der Waals surface area contributed by atoms with Crippen molar-refractivity contribution in [1.82, 2.24) is 5.32 Å². The highest BCUT2D eigenvalue weighted by Gasteiger charge is 2.13. The second-order valence-corrected chi connectivity index (χ2v) is 6.06. The summed E-state index contributed by atoms with van der Waals surface area (Å²) in [5.41, 5.74) is 2.03. The third kappa shape index (κ3) is 4.91. The van der Waals surface area contributed by atoms with Gasteiger partial charge in [0, 0.05) is 13.2 Å². The van der Waals surface area contributed by atoms with Crippen molar-refractivity contribution < 1.29 is 19.4 Å². The molecule has 0 atom stereocenters. The van der Waals surface area contributed by atoms with Crippen LogP contribution in [0.2, 0.25) is 0 Å². The van der Waals surface area contributed by atoms with Crippen LogP contribution in [0.4, 0.5) is 0 Å². The summed E-state index contributed by atoms with van der Waals surface area (Å²) in [7, 11) is 0. The predicted octanol–water partition coefficient (Wildman–Crippen LogP) is 3.30. The van der Waals surface area contributed by atoms with Crippen LogP contribution in [-0.2, 0) is 17.9 Å². The largest absolute Gasteiger partial charge is 0.477 e. The smallest absolute Gasteiger partial charge is 0.345 e. The van der Waals surface area contributed by atoms with Crippen molar-refractivity contribution in [2.75, 3.05) is 6.61 Å². The highest BCUT2D eigenvalue weighted by Crippen LogP contribution is 2.17. The number of aromatic carboxylic acids is 1. The molecular formula is C17H19NO4S. The summed E-state index contributed by atoms with van der Waals surface area (Å²) in [6.45, 7) is 3.65. The summed E-state index contributed by atoms with van der Waals surface area (Å²) >= 11 is 0.969. The maximum absolute atomic E-state index is 12.1. The molecule has 0 aliphatic heterocycles. The number of carbonyl (C=O) groups excluding carboxylic acids is 1. The van der Waals surface area contributed by atoms with Crippen molar-refractivity contribution in [3.8, 4) is 0 Å². The first kappa shape index (κ1) is 17.2. The van der Waals surface area contributed by atoms with Crippen molar-refractivity contribution in [2.24, 2.45) is 0 Å². The minimum Gasteiger partial charge on any atom is -0.477 e. The third-order valence-corrected chi connectivity index (χ3v) is 4.28. The average Bonchev–Trinajstić information content (AvgIpc) is 3.04. The third-order valence-electron chi connectivity index (χ3n) is 3.20. The van der Waals surface area contributed by atoms with E-state index in [0.717, 1.165) is 28.9 Å². The Morgan fingerprint density at radius 2 is 1.83 bits per heavy atom. The number of carboxylic acid groups (broad SMARTS) is 1. The zero-order chi connectivity index (χ0) is 16.7. The molecule has 1 aromatic carbocycles. The van der Waals surface area contributed by atoms with Crippen LogP contribution in [0.1, 0.15) is 43.8 Å². The van der Waals surface area contributed by atoms with Gasteiger partial charge in [0.25, 0.3) is 5.91 Å². The van der Waals surface area contributed by atoms with Gasteiger partial charge in [-0.25, -0.2) is 4.79 Å². The number of amides is 1. The van der Waals surface area contributed by atoms with E-state index < -0.39 is 5.97 Å². The minimum absolute atomic E-state index is 0.156. The van der Waals surface area contributed by atoms with Gasteiger partial charge in [-0.05, 0) is 29.7 Å². The fraction of sp³-hybridized carbons (Fsp3) is 0.294. The molecule has 0 bridgehead atoms. The van der Waals surface area contributed by atoms with Crippen molar-refractivity contribution in [1.29, 1.82) is 0 Å². The van der Waals surface area contributed by atoms with E-state index in [0.29, 0.717) is 24.6 Å². The maximum atomic E-state index is 12.1. The fourth-order valence-corrected chi connectivity index (χ4v) is 2.80. The summed E-state index contributed by atoms with van der Waals surface area (Å²) in [6.07, 6.45) is 0.961. The van der Waals surface area contributed by atoms with Gasteiger partial charge in [0.05, 0.1) is 11.5 Å². The molecule has 2 aromatic rings. The van der Waals surface area contributed by atoms with Gasteiger partial charge in [-0.1, -0.05) is 31.2 Å². The van der Waals surface area contributed by atoms with E-state index in [2.05, 4.69) is 12.2 Å². The summed E-state index contributed by atoms with van der Waals surface area (Å²) in [4.78, 5) is 23.5. The second kappa shape index (κ2) is 8.45. The number of carbonyl (C=O) groups is 2. The van der Waals surface area contributed by atoms with E-state index in [4.69, 9.17) is 9.84 Å². The zero-order valence-electron chi connectivity index (χ0n) is 12.9. The molecule has 0 unspecified atom stereocenters. The van der Waals surface area contributed by atoms with E-state index in [1.165, 1.54) is 12.1 Å². The summed E-state index contributed by atoms with van der Waals surface area (Å²) < 4.78 is 5.55. The summed E-state index contributed by atoms with van der Waals surface area (Å²) in [6, 6.07) is 10.7.